The van der Waals surface area contributed by atoms with Gasteiger partial charge >= 0.3 is 0 Å². The zero-order chi connectivity index (χ0) is 8.39. The van der Waals surface area contributed by atoms with Crippen molar-refractivity contribution in [1.82, 2.24) is 13.9 Å². The number of hydrogen-bond donors (Lipinski definition) is 0. The lowest BCUT2D eigenvalue weighted by Crippen LogP contribution is -1.86. The standard InChI is InChI=1S/C8H9N3S/c1-2-12-11-6-10-7-4-3-5-9-8(7)11/h3-6H,2H2,1H3. The SMILES string of the molecule is CCSn1cnc2cccnc21. The van der Waals surface area contributed by atoms with E-state index in [0.29, 0.717) is 0 Å². The molecule has 0 atom stereocenters. The second kappa shape index (κ2) is 3.15. The van der Waals surface area contributed by atoms with E-state index in [-0.39, 0.29) is 0 Å². The lowest BCUT2D eigenvalue weighted by molar-refractivity contribution is 1.22. The van der Waals surface area contributed by atoms with Gasteiger partial charge in [0.2, 0.25) is 0 Å². The molecule has 0 unspecified atom stereocenters. The molecule has 0 N–H and O–H groups in total. The minimum atomic E-state index is 0.948. The molecule has 0 amide bonds. The van der Waals surface area contributed by atoms with Gasteiger partial charge < -0.3 is 0 Å². The van der Waals surface area contributed by atoms with Crippen LogP contribution in [0, 0.1) is 0 Å². The zero-order valence-electron chi connectivity index (χ0n) is 6.77. The molecule has 0 aliphatic carbocycles. The first-order valence-electron chi connectivity index (χ1n) is 3.83. The average Bonchev–Trinajstić information content (AvgIpc) is 2.50. The lowest BCUT2D eigenvalue weighted by Gasteiger charge is -1.96. The number of pyridine rings is 1. The molecule has 2 rings (SSSR count). The Kier molecular flexibility index (Phi) is 1.99. The van der Waals surface area contributed by atoms with Crippen LogP contribution in [0.1, 0.15) is 6.92 Å². The van der Waals surface area contributed by atoms with Crippen molar-refractivity contribution in [2.45, 2.75) is 6.92 Å². The smallest absolute Gasteiger partial charge is 0.170 e. The fourth-order valence-electron chi connectivity index (χ4n) is 1.06. The maximum Gasteiger partial charge on any atom is 0.170 e. The molecular weight excluding hydrogens is 170 g/mol. The first kappa shape index (κ1) is 7.61. The van der Waals surface area contributed by atoms with Gasteiger partial charge in [0.05, 0.1) is 0 Å². The summed E-state index contributed by atoms with van der Waals surface area (Å²) in [5, 5.41) is 0. The van der Waals surface area contributed by atoms with Crippen LogP contribution in [-0.4, -0.2) is 19.7 Å². The second-order valence-corrected chi connectivity index (χ2v) is 3.56. The van der Waals surface area contributed by atoms with Crippen LogP contribution in [0.3, 0.4) is 0 Å². The van der Waals surface area contributed by atoms with E-state index in [2.05, 4.69) is 16.9 Å². The molecular formula is C8H9N3S. The minimum Gasteiger partial charge on any atom is -0.256 e. The van der Waals surface area contributed by atoms with E-state index in [0.717, 1.165) is 16.9 Å². The van der Waals surface area contributed by atoms with E-state index in [1.807, 2.05) is 22.4 Å². The van der Waals surface area contributed by atoms with Crippen LogP contribution in [0.2, 0.25) is 0 Å². The molecule has 0 fully saturated rings. The molecule has 3 nitrogen and oxygen atoms in total. The minimum absolute atomic E-state index is 0.948. The highest BCUT2D eigenvalue weighted by atomic mass is 32.2. The molecule has 2 aromatic heterocycles. The molecule has 0 aliphatic rings. The van der Waals surface area contributed by atoms with Crippen LogP contribution in [0.25, 0.3) is 11.2 Å². The Morgan fingerprint density at radius 1 is 1.50 bits per heavy atom. The van der Waals surface area contributed by atoms with Gasteiger partial charge in [-0.2, -0.15) is 0 Å². The summed E-state index contributed by atoms with van der Waals surface area (Å²) in [6.07, 6.45) is 3.60. The Morgan fingerprint density at radius 2 is 2.42 bits per heavy atom. The van der Waals surface area contributed by atoms with Crippen molar-refractivity contribution in [3.63, 3.8) is 0 Å². The van der Waals surface area contributed by atoms with Crippen molar-refractivity contribution < 1.29 is 0 Å². The first-order valence-corrected chi connectivity index (χ1v) is 4.77. The topological polar surface area (TPSA) is 30.7 Å². The predicted molar refractivity (Wildman–Crippen MR) is 51.1 cm³/mol. The molecule has 2 aromatic rings. The van der Waals surface area contributed by atoms with Gasteiger partial charge in [0, 0.05) is 11.9 Å². The van der Waals surface area contributed by atoms with Gasteiger partial charge in [-0.3, -0.25) is 3.97 Å². The summed E-state index contributed by atoms with van der Waals surface area (Å²) in [5.74, 6) is 1.03. The number of rotatable bonds is 2. The van der Waals surface area contributed by atoms with E-state index < -0.39 is 0 Å². The summed E-state index contributed by atoms with van der Waals surface area (Å²) in [7, 11) is 0. The van der Waals surface area contributed by atoms with Crippen molar-refractivity contribution >= 4 is 23.1 Å². The summed E-state index contributed by atoms with van der Waals surface area (Å²) >= 11 is 1.70. The third-order valence-corrected chi connectivity index (χ3v) is 2.35. The molecule has 0 bridgehead atoms. The van der Waals surface area contributed by atoms with Crippen LogP contribution >= 0.6 is 11.9 Å². The molecule has 62 valence electrons. The fourth-order valence-corrected chi connectivity index (χ4v) is 1.72. The van der Waals surface area contributed by atoms with Crippen molar-refractivity contribution in [3.8, 4) is 0 Å². The van der Waals surface area contributed by atoms with Gasteiger partial charge in [-0.25, -0.2) is 9.97 Å². The van der Waals surface area contributed by atoms with E-state index in [1.54, 1.807) is 18.1 Å². The molecule has 0 radical (unpaired) electrons. The monoisotopic (exact) mass is 179 g/mol. The number of hydrogen-bond acceptors (Lipinski definition) is 3. The van der Waals surface area contributed by atoms with E-state index in [4.69, 9.17) is 0 Å². The highest BCUT2D eigenvalue weighted by molar-refractivity contribution is 7.97. The Labute approximate surface area is 75.0 Å². The van der Waals surface area contributed by atoms with Crippen molar-refractivity contribution in [1.29, 1.82) is 0 Å². The molecule has 2 heterocycles. The summed E-state index contributed by atoms with van der Waals surface area (Å²) in [6, 6.07) is 3.87. The third-order valence-electron chi connectivity index (χ3n) is 1.54. The Morgan fingerprint density at radius 3 is 3.25 bits per heavy atom. The third kappa shape index (κ3) is 1.18. The molecule has 0 aliphatic heterocycles. The van der Waals surface area contributed by atoms with Crippen molar-refractivity contribution in [2.24, 2.45) is 0 Å². The van der Waals surface area contributed by atoms with E-state index in [1.165, 1.54) is 0 Å². The van der Waals surface area contributed by atoms with Crippen LogP contribution in [0.5, 0.6) is 0 Å². The second-order valence-electron chi connectivity index (χ2n) is 2.33. The molecule has 12 heavy (non-hydrogen) atoms. The van der Waals surface area contributed by atoms with Crippen molar-refractivity contribution in [3.05, 3.63) is 24.7 Å². The maximum atomic E-state index is 4.24. The van der Waals surface area contributed by atoms with Crippen LogP contribution in [0.15, 0.2) is 24.7 Å². The maximum absolute atomic E-state index is 4.24. The normalized spacial score (nSPS) is 10.8. The summed E-state index contributed by atoms with van der Waals surface area (Å²) in [6.45, 7) is 2.11. The summed E-state index contributed by atoms with van der Waals surface area (Å²) in [5.41, 5.74) is 1.91. The van der Waals surface area contributed by atoms with Crippen LogP contribution in [-0.2, 0) is 0 Å². The van der Waals surface area contributed by atoms with Gasteiger partial charge in [0.15, 0.2) is 5.65 Å². The van der Waals surface area contributed by atoms with Crippen molar-refractivity contribution in [2.75, 3.05) is 5.75 Å². The molecule has 0 saturated heterocycles. The quantitative estimate of drug-likeness (QED) is 0.706. The Hall–Kier alpha value is -1.03. The number of imidazole rings is 1. The first-order chi connectivity index (χ1) is 5.92. The van der Waals surface area contributed by atoms with Gasteiger partial charge in [-0.05, 0) is 24.1 Å². The molecule has 4 heteroatoms. The molecule has 0 aromatic carbocycles. The summed E-state index contributed by atoms with van der Waals surface area (Å²) < 4.78 is 2.00. The number of fused-ring (bicyclic) bond motifs is 1. The number of aromatic nitrogens is 3. The average molecular weight is 179 g/mol. The van der Waals surface area contributed by atoms with Crippen LogP contribution < -0.4 is 0 Å². The van der Waals surface area contributed by atoms with E-state index >= 15 is 0 Å². The number of nitrogens with zero attached hydrogens (tertiary/aromatic N) is 3. The Bertz CT molecular complexity index is 382. The predicted octanol–water partition coefficient (Wildman–Crippen LogP) is 1.95. The van der Waals surface area contributed by atoms with Gasteiger partial charge in [-0.15, -0.1) is 0 Å². The van der Waals surface area contributed by atoms with Crippen LogP contribution in [0.4, 0.5) is 0 Å². The Balaban J connectivity index is 2.55. The lowest BCUT2D eigenvalue weighted by atomic mass is 10.4. The fraction of sp³-hybridized carbons (Fsp3) is 0.250. The zero-order valence-corrected chi connectivity index (χ0v) is 7.58. The van der Waals surface area contributed by atoms with Gasteiger partial charge in [0.1, 0.15) is 11.8 Å². The summed E-state index contributed by atoms with van der Waals surface area (Å²) in [4.78, 5) is 8.46. The highest BCUT2D eigenvalue weighted by Crippen LogP contribution is 2.14. The van der Waals surface area contributed by atoms with Gasteiger partial charge in [-0.1, -0.05) is 6.92 Å². The van der Waals surface area contributed by atoms with Gasteiger partial charge in [0.25, 0.3) is 0 Å². The van der Waals surface area contributed by atoms with E-state index in [9.17, 15) is 0 Å². The highest BCUT2D eigenvalue weighted by Gasteiger charge is 2.00. The molecule has 0 spiro atoms. The molecule has 0 saturated carbocycles. The largest absolute Gasteiger partial charge is 0.256 e.